The lowest BCUT2D eigenvalue weighted by molar-refractivity contribution is -0.161. The fourth-order valence-electron chi connectivity index (χ4n) is 4.28. The highest BCUT2D eigenvalue weighted by molar-refractivity contribution is 7.90. The number of rotatable bonds is 14. The summed E-state index contributed by atoms with van der Waals surface area (Å²) in [7, 11) is -3.55. The molecule has 11 nitrogen and oxygen atoms in total. The molecule has 1 aliphatic carbocycles. The predicted octanol–water partition coefficient (Wildman–Crippen LogP) is 4.56. The van der Waals surface area contributed by atoms with Gasteiger partial charge in [0.25, 0.3) is 0 Å². The molecule has 0 spiro atoms. The van der Waals surface area contributed by atoms with Crippen LogP contribution in [0.5, 0.6) is 5.88 Å². The maximum absolute atomic E-state index is 12.4. The molecule has 2 aromatic rings. The number of methoxy groups -OCH3 is 1. The molecule has 13 heteroatoms. The van der Waals surface area contributed by atoms with E-state index in [1.165, 1.54) is 11.8 Å². The molecule has 2 aromatic heterocycles. The zero-order chi connectivity index (χ0) is 30.4. The smallest absolute Gasteiger partial charge is 0.315 e. The van der Waals surface area contributed by atoms with Gasteiger partial charge >= 0.3 is 5.97 Å². The number of esters is 1. The Morgan fingerprint density at radius 3 is 2.51 bits per heavy atom. The molecule has 41 heavy (non-hydrogen) atoms. The second-order valence-electron chi connectivity index (χ2n) is 11.6. The summed E-state index contributed by atoms with van der Waals surface area (Å²) in [6, 6.07) is 2.78. The van der Waals surface area contributed by atoms with Gasteiger partial charge in [-0.15, -0.1) is 5.10 Å². The van der Waals surface area contributed by atoms with E-state index in [9.17, 15) is 13.2 Å². The molecule has 1 aliphatic rings. The Hall–Kier alpha value is -3.16. The van der Waals surface area contributed by atoms with Crippen LogP contribution >= 0.6 is 0 Å². The summed E-state index contributed by atoms with van der Waals surface area (Å²) in [6.45, 7) is 14.9. The number of aryl methyl sites for hydroxylation is 1. The van der Waals surface area contributed by atoms with Crippen LogP contribution in [0, 0.1) is 12.3 Å². The van der Waals surface area contributed by atoms with Gasteiger partial charge in [-0.2, -0.15) is 4.98 Å². The summed E-state index contributed by atoms with van der Waals surface area (Å²) in [6.07, 6.45) is 8.76. The minimum absolute atomic E-state index is 0.0286. The van der Waals surface area contributed by atoms with Gasteiger partial charge in [0, 0.05) is 33.2 Å². The number of ether oxygens (including phenoxy) is 3. The van der Waals surface area contributed by atoms with Crippen molar-refractivity contribution in [3.05, 3.63) is 41.4 Å². The van der Waals surface area contributed by atoms with Crippen LogP contribution in [0.25, 0.3) is 11.3 Å². The third-order valence-corrected chi connectivity index (χ3v) is 9.68. The minimum Gasteiger partial charge on any atom is -0.476 e. The van der Waals surface area contributed by atoms with Gasteiger partial charge in [-0.25, -0.2) is 18.1 Å². The van der Waals surface area contributed by atoms with Gasteiger partial charge in [0.15, 0.2) is 0 Å². The second-order valence-corrected chi connectivity index (χ2v) is 19.2. The van der Waals surface area contributed by atoms with Crippen molar-refractivity contribution in [2.45, 2.75) is 70.7 Å². The molecule has 0 bridgehead atoms. The molecule has 1 fully saturated rings. The standard InChI is InChI=1S/C28H41N5O6SSi/c1-20(22-17-30-24(16-21(22)2)39-18-28(12-9-13-28)26(34)37-4)10-11-23(29-3)25-31-27(40(5,35)36)33(32-25)19-38-14-15-41(6,7)8/h10-11,16-17H,3,9,12-15,18-19H2,1-2,4-8H3/b20-10+,23-11-. The summed E-state index contributed by atoms with van der Waals surface area (Å²) in [5.74, 6) is 0.326. The monoisotopic (exact) mass is 603 g/mol. The van der Waals surface area contributed by atoms with Crippen molar-refractivity contribution in [3.8, 4) is 5.88 Å². The normalized spacial score (nSPS) is 15.8. The first-order valence-corrected chi connectivity index (χ1v) is 19.1. The fraction of sp³-hybridized carbons (Fsp3) is 0.536. The fourth-order valence-corrected chi connectivity index (χ4v) is 5.76. The van der Waals surface area contributed by atoms with Gasteiger partial charge in [-0.1, -0.05) is 32.1 Å². The number of sulfone groups is 1. The number of carbonyl (C=O) groups is 1. The molecule has 0 radical (unpaired) electrons. The Morgan fingerprint density at radius 2 is 1.98 bits per heavy atom. The van der Waals surface area contributed by atoms with Crippen LogP contribution in [0.2, 0.25) is 25.7 Å². The average Bonchev–Trinajstić information content (AvgIpc) is 3.30. The first-order valence-electron chi connectivity index (χ1n) is 13.5. The highest BCUT2D eigenvalue weighted by atomic mass is 32.2. The van der Waals surface area contributed by atoms with Gasteiger partial charge in [0.1, 0.15) is 24.4 Å². The second kappa shape index (κ2) is 13.2. The van der Waals surface area contributed by atoms with E-state index in [0.29, 0.717) is 18.2 Å². The Kier molecular flexibility index (Phi) is 10.4. The van der Waals surface area contributed by atoms with Gasteiger partial charge in [-0.3, -0.25) is 9.79 Å². The molecule has 0 unspecified atom stereocenters. The summed E-state index contributed by atoms with van der Waals surface area (Å²) in [5, 5.41) is 4.16. The van der Waals surface area contributed by atoms with Gasteiger partial charge in [0.2, 0.25) is 26.7 Å². The van der Waals surface area contributed by atoms with Crippen LogP contribution in [-0.2, 0) is 30.8 Å². The van der Waals surface area contributed by atoms with E-state index in [2.05, 4.69) is 46.4 Å². The van der Waals surface area contributed by atoms with Crippen LogP contribution in [0.4, 0.5) is 0 Å². The van der Waals surface area contributed by atoms with Crippen molar-refractivity contribution in [2.75, 3.05) is 26.6 Å². The third kappa shape index (κ3) is 8.43. The summed E-state index contributed by atoms with van der Waals surface area (Å²) < 4.78 is 42.5. The number of pyridine rings is 1. The van der Waals surface area contributed by atoms with Crippen LogP contribution in [0.15, 0.2) is 34.6 Å². The number of hydrogen-bond donors (Lipinski definition) is 0. The van der Waals surface area contributed by atoms with E-state index < -0.39 is 23.3 Å². The Balaban J connectivity index is 1.77. The van der Waals surface area contributed by atoms with Crippen molar-refractivity contribution < 1.29 is 27.4 Å². The van der Waals surface area contributed by atoms with Crippen LogP contribution < -0.4 is 4.74 Å². The lowest BCUT2D eigenvalue weighted by Gasteiger charge is -2.38. The summed E-state index contributed by atoms with van der Waals surface area (Å²) in [4.78, 5) is 24.9. The number of nitrogens with zero attached hydrogens (tertiary/aromatic N) is 5. The molecule has 0 aliphatic heterocycles. The lowest BCUT2D eigenvalue weighted by Crippen LogP contribution is -2.44. The zero-order valence-electron chi connectivity index (χ0n) is 25.1. The van der Waals surface area contributed by atoms with Crippen molar-refractivity contribution in [3.63, 3.8) is 0 Å². The van der Waals surface area contributed by atoms with E-state index in [0.717, 1.165) is 48.3 Å². The van der Waals surface area contributed by atoms with Crippen molar-refractivity contribution >= 4 is 41.9 Å². The molecular weight excluding hydrogens is 562 g/mol. The number of aromatic nitrogens is 4. The molecule has 1 saturated carbocycles. The molecular formula is C28H41N5O6SSi. The molecule has 0 N–H and O–H groups in total. The maximum atomic E-state index is 12.4. The van der Waals surface area contributed by atoms with E-state index in [1.807, 2.05) is 26.0 Å². The van der Waals surface area contributed by atoms with Crippen LogP contribution in [-0.4, -0.2) is 75.5 Å². The van der Waals surface area contributed by atoms with Gasteiger partial charge in [0.05, 0.1) is 7.11 Å². The zero-order valence-corrected chi connectivity index (χ0v) is 26.9. The van der Waals surface area contributed by atoms with Gasteiger partial charge < -0.3 is 14.2 Å². The predicted molar refractivity (Wildman–Crippen MR) is 161 cm³/mol. The lowest BCUT2D eigenvalue weighted by atomic mass is 9.69. The Bertz CT molecular complexity index is 1440. The quantitative estimate of drug-likeness (QED) is 0.100. The molecule has 2 heterocycles. The van der Waals surface area contributed by atoms with E-state index in [-0.39, 0.29) is 30.3 Å². The number of carbonyl (C=O) groups excluding carboxylic acids is 1. The minimum atomic E-state index is -3.66. The van der Waals surface area contributed by atoms with Crippen molar-refractivity contribution in [1.82, 2.24) is 19.7 Å². The molecule has 3 rings (SSSR count). The Labute approximate surface area is 243 Å². The number of aliphatic imine (C=N–C) groups is 1. The molecule has 224 valence electrons. The average molecular weight is 604 g/mol. The van der Waals surface area contributed by atoms with Crippen molar-refractivity contribution in [2.24, 2.45) is 10.4 Å². The first kappa shape index (κ1) is 32.4. The summed E-state index contributed by atoms with van der Waals surface area (Å²) in [5.41, 5.74) is 2.42. The molecule has 0 aromatic carbocycles. The van der Waals surface area contributed by atoms with Gasteiger partial charge in [-0.05, 0) is 62.2 Å². The SMILES string of the molecule is C=N/C(=C\C=C(/C)c1cnc(OCC2(C(=O)OC)CCC2)cc1C)c1nc(S(C)(=O)=O)n(COCC[Si](C)(C)C)n1. The number of hydrogen-bond acceptors (Lipinski definition) is 10. The topological polar surface area (TPSA) is 135 Å². The van der Waals surface area contributed by atoms with Crippen LogP contribution in [0.1, 0.15) is 43.1 Å². The Morgan fingerprint density at radius 1 is 1.27 bits per heavy atom. The first-order chi connectivity index (χ1) is 19.2. The maximum Gasteiger partial charge on any atom is 0.315 e. The van der Waals surface area contributed by atoms with Crippen LogP contribution in [0.3, 0.4) is 0 Å². The van der Waals surface area contributed by atoms with Crippen molar-refractivity contribution in [1.29, 1.82) is 0 Å². The van der Waals surface area contributed by atoms with E-state index in [1.54, 1.807) is 12.3 Å². The highest BCUT2D eigenvalue weighted by Crippen LogP contribution is 2.42. The highest BCUT2D eigenvalue weighted by Gasteiger charge is 2.46. The third-order valence-electron chi connectivity index (χ3n) is 7.01. The molecule has 0 amide bonds. The van der Waals surface area contributed by atoms with E-state index in [4.69, 9.17) is 14.2 Å². The van der Waals surface area contributed by atoms with E-state index >= 15 is 0 Å². The molecule has 0 saturated heterocycles. The largest absolute Gasteiger partial charge is 0.476 e. The summed E-state index contributed by atoms with van der Waals surface area (Å²) >= 11 is 0. The molecule has 0 atom stereocenters. The number of allylic oxidation sites excluding steroid dienone is 3.